The molecule has 21 heavy (non-hydrogen) atoms. The minimum absolute atomic E-state index is 0.0986. The van der Waals surface area contributed by atoms with Crippen LogP contribution in [0.25, 0.3) is 0 Å². The van der Waals surface area contributed by atoms with Crippen molar-refractivity contribution in [3.63, 3.8) is 0 Å². The first-order valence-electron chi connectivity index (χ1n) is 7.74. The van der Waals surface area contributed by atoms with Gasteiger partial charge in [-0.1, -0.05) is 6.92 Å². The maximum atomic E-state index is 13.5. The Balaban J connectivity index is 1.85. The van der Waals surface area contributed by atoms with Crippen molar-refractivity contribution in [1.29, 1.82) is 0 Å². The van der Waals surface area contributed by atoms with Gasteiger partial charge in [0.25, 0.3) is 0 Å². The van der Waals surface area contributed by atoms with Gasteiger partial charge in [-0.15, -0.1) is 0 Å². The zero-order valence-corrected chi connectivity index (χ0v) is 12.5. The molecule has 0 spiro atoms. The van der Waals surface area contributed by atoms with Crippen LogP contribution < -0.4 is 0 Å². The quantitative estimate of drug-likeness (QED) is 0.805. The smallest absolute Gasteiger partial charge is 0.226 e. The number of hydrogen-bond donors (Lipinski definition) is 0. The largest absolute Gasteiger partial charge is 0.333 e. The summed E-state index contributed by atoms with van der Waals surface area (Å²) in [5.74, 6) is -0.278. The Morgan fingerprint density at radius 1 is 1.10 bits per heavy atom. The van der Waals surface area contributed by atoms with E-state index in [1.165, 1.54) is 12.1 Å². The third-order valence-corrected chi connectivity index (χ3v) is 4.92. The number of hydrogen-bond acceptors (Lipinski definition) is 1. The third-order valence-electron chi connectivity index (χ3n) is 4.92. The summed E-state index contributed by atoms with van der Waals surface area (Å²) in [6, 6.07) is 3.55. The van der Waals surface area contributed by atoms with Crippen LogP contribution in [0.5, 0.6) is 0 Å². The average Bonchev–Trinajstić information content (AvgIpc) is 2.75. The molecule has 2 unspecified atom stereocenters. The van der Waals surface area contributed by atoms with Crippen molar-refractivity contribution < 1.29 is 13.6 Å². The molecule has 2 atom stereocenters. The lowest BCUT2D eigenvalue weighted by atomic mass is 9.75. The van der Waals surface area contributed by atoms with Crippen LogP contribution in [0.3, 0.4) is 0 Å². The van der Waals surface area contributed by atoms with Gasteiger partial charge in [-0.05, 0) is 56.2 Å². The molecule has 4 heteroatoms. The van der Waals surface area contributed by atoms with Crippen LogP contribution in [0.1, 0.15) is 51.1 Å². The van der Waals surface area contributed by atoms with Crippen molar-refractivity contribution in [2.75, 3.05) is 0 Å². The van der Waals surface area contributed by atoms with Gasteiger partial charge < -0.3 is 4.90 Å². The Morgan fingerprint density at radius 2 is 1.71 bits per heavy atom. The van der Waals surface area contributed by atoms with Crippen molar-refractivity contribution in [3.8, 4) is 0 Å². The van der Waals surface area contributed by atoms with Crippen LogP contribution in [0, 0.1) is 23.5 Å². The molecule has 1 aliphatic heterocycles. The molecular formula is C17H21F2NO. The Bertz CT molecular complexity index is 533. The van der Waals surface area contributed by atoms with E-state index < -0.39 is 11.6 Å². The lowest BCUT2D eigenvalue weighted by Crippen LogP contribution is -2.43. The van der Waals surface area contributed by atoms with Crippen molar-refractivity contribution >= 4 is 5.91 Å². The molecule has 1 aliphatic carbocycles. The second-order valence-electron chi connectivity index (χ2n) is 6.66. The fourth-order valence-electron chi connectivity index (χ4n) is 3.76. The molecule has 1 aromatic rings. The summed E-state index contributed by atoms with van der Waals surface area (Å²) in [6.45, 7) is 4.17. The number of carbonyl (C=O) groups excluding carboxylic acids is 1. The van der Waals surface area contributed by atoms with E-state index >= 15 is 0 Å². The van der Waals surface area contributed by atoms with Crippen molar-refractivity contribution in [1.82, 2.24) is 4.90 Å². The van der Waals surface area contributed by atoms with Gasteiger partial charge in [0.1, 0.15) is 11.6 Å². The van der Waals surface area contributed by atoms with Crippen molar-refractivity contribution in [2.24, 2.45) is 11.8 Å². The predicted molar refractivity (Wildman–Crippen MR) is 76.5 cm³/mol. The van der Waals surface area contributed by atoms with Crippen LogP contribution in [-0.2, 0) is 4.79 Å². The van der Waals surface area contributed by atoms with E-state index in [9.17, 15) is 13.6 Å². The molecule has 1 aromatic carbocycles. The second kappa shape index (κ2) is 5.39. The predicted octanol–water partition coefficient (Wildman–Crippen LogP) is 4.06. The summed E-state index contributed by atoms with van der Waals surface area (Å²) in [5.41, 5.74) is 0.581. The molecule has 1 heterocycles. The van der Waals surface area contributed by atoms with Crippen LogP contribution in [-0.4, -0.2) is 16.8 Å². The fourth-order valence-corrected chi connectivity index (χ4v) is 3.76. The molecule has 0 aromatic heterocycles. The van der Waals surface area contributed by atoms with E-state index in [-0.39, 0.29) is 23.9 Å². The van der Waals surface area contributed by atoms with Crippen molar-refractivity contribution in [3.05, 3.63) is 35.4 Å². The average molecular weight is 293 g/mol. The molecule has 0 bridgehead atoms. The summed E-state index contributed by atoms with van der Waals surface area (Å²) in [6.07, 6.45) is 3.54. The van der Waals surface area contributed by atoms with Gasteiger partial charge in [0.05, 0.1) is 6.04 Å². The molecular weight excluding hydrogens is 272 g/mol. The second-order valence-corrected chi connectivity index (χ2v) is 6.66. The van der Waals surface area contributed by atoms with E-state index in [0.717, 1.165) is 31.7 Å². The number of nitrogens with zero attached hydrogens (tertiary/aromatic N) is 1. The number of halogens is 2. The Kier molecular flexibility index (Phi) is 3.72. The van der Waals surface area contributed by atoms with E-state index in [4.69, 9.17) is 0 Å². The van der Waals surface area contributed by atoms with E-state index in [2.05, 4.69) is 6.92 Å². The monoisotopic (exact) mass is 293 g/mol. The number of likely N-dealkylation sites (tertiary alicyclic amines) is 1. The highest BCUT2D eigenvalue weighted by Crippen LogP contribution is 2.42. The highest BCUT2D eigenvalue weighted by Gasteiger charge is 2.41. The Hall–Kier alpha value is -1.45. The Morgan fingerprint density at radius 3 is 2.29 bits per heavy atom. The standard InChI is InChI=1S/C17H21F2NO/c1-10-5-13(6-10)17(21)20-11(2)3-4-16(20)12-7-14(18)9-15(19)8-12/h7-11,13,16H,3-6H2,1-2H3. The van der Waals surface area contributed by atoms with E-state index in [0.29, 0.717) is 11.5 Å². The number of rotatable bonds is 2. The first-order valence-corrected chi connectivity index (χ1v) is 7.74. The zero-order valence-electron chi connectivity index (χ0n) is 12.5. The minimum atomic E-state index is -0.575. The SMILES string of the molecule is CC1CC(C(=O)N2C(C)CCC2c2cc(F)cc(F)c2)C1. The van der Waals surface area contributed by atoms with Gasteiger partial charge >= 0.3 is 0 Å². The van der Waals surface area contributed by atoms with Crippen LogP contribution in [0.4, 0.5) is 8.78 Å². The highest BCUT2D eigenvalue weighted by molar-refractivity contribution is 5.80. The molecule has 0 radical (unpaired) electrons. The molecule has 1 saturated carbocycles. The number of carbonyl (C=O) groups is 1. The van der Waals surface area contributed by atoms with Crippen molar-refractivity contribution in [2.45, 2.75) is 51.6 Å². The first-order chi connectivity index (χ1) is 9.95. The van der Waals surface area contributed by atoms with Gasteiger partial charge in [-0.2, -0.15) is 0 Å². The lowest BCUT2D eigenvalue weighted by molar-refractivity contribution is -0.142. The lowest BCUT2D eigenvalue weighted by Gasteiger charge is -2.38. The normalized spacial score (nSPS) is 32.1. The highest BCUT2D eigenvalue weighted by atomic mass is 19.1. The Labute approximate surface area is 124 Å². The zero-order chi connectivity index (χ0) is 15.1. The van der Waals surface area contributed by atoms with E-state index in [1.807, 2.05) is 11.8 Å². The van der Waals surface area contributed by atoms with Gasteiger partial charge in [0.15, 0.2) is 0 Å². The molecule has 2 aliphatic rings. The minimum Gasteiger partial charge on any atom is -0.333 e. The fraction of sp³-hybridized carbons (Fsp3) is 0.588. The molecule has 114 valence electrons. The van der Waals surface area contributed by atoms with Crippen LogP contribution in [0.2, 0.25) is 0 Å². The molecule has 1 saturated heterocycles. The summed E-state index contributed by atoms with van der Waals surface area (Å²) in [4.78, 5) is 14.5. The maximum Gasteiger partial charge on any atom is 0.226 e. The number of amides is 1. The first kappa shape index (κ1) is 14.5. The maximum absolute atomic E-state index is 13.5. The number of benzene rings is 1. The molecule has 0 N–H and O–H groups in total. The molecule has 3 rings (SSSR count). The van der Waals surface area contributed by atoms with Gasteiger partial charge in [-0.25, -0.2) is 8.78 Å². The summed E-state index contributed by atoms with van der Waals surface area (Å²) < 4.78 is 26.9. The topological polar surface area (TPSA) is 20.3 Å². The molecule has 2 fully saturated rings. The van der Waals surface area contributed by atoms with Gasteiger partial charge in [0.2, 0.25) is 5.91 Å². The van der Waals surface area contributed by atoms with Crippen LogP contribution in [0.15, 0.2) is 18.2 Å². The third kappa shape index (κ3) is 2.68. The summed E-state index contributed by atoms with van der Waals surface area (Å²) >= 11 is 0. The van der Waals surface area contributed by atoms with Gasteiger partial charge in [0, 0.05) is 18.0 Å². The van der Waals surface area contributed by atoms with E-state index in [1.54, 1.807) is 0 Å². The summed E-state index contributed by atoms with van der Waals surface area (Å²) in [5, 5.41) is 0. The molecule has 2 nitrogen and oxygen atoms in total. The summed E-state index contributed by atoms with van der Waals surface area (Å²) in [7, 11) is 0. The molecule has 1 amide bonds. The van der Waals surface area contributed by atoms with Gasteiger partial charge in [-0.3, -0.25) is 4.79 Å². The van der Waals surface area contributed by atoms with Crippen LogP contribution >= 0.6 is 0 Å².